The maximum Gasteiger partial charge on any atom is 0.261 e. The van der Waals surface area contributed by atoms with E-state index in [9.17, 15) is 14.0 Å². The highest BCUT2D eigenvalue weighted by molar-refractivity contribution is 6.31. The van der Waals surface area contributed by atoms with Crippen molar-refractivity contribution >= 4 is 23.4 Å². The summed E-state index contributed by atoms with van der Waals surface area (Å²) in [6, 6.07) is 10.5. The molecule has 0 fully saturated rings. The lowest BCUT2D eigenvalue weighted by atomic mass is 10.1. The third-order valence-electron chi connectivity index (χ3n) is 4.96. The third kappa shape index (κ3) is 6.46. The Balaban J connectivity index is 2.18. The first kappa shape index (κ1) is 23.7. The second kappa shape index (κ2) is 11.0. The number of rotatable bonds is 9. The van der Waals surface area contributed by atoms with E-state index < -0.39 is 17.8 Å². The lowest BCUT2D eigenvalue weighted by Gasteiger charge is -2.29. The number of carbonyl (C=O) groups excluding carboxylic acids is 2. The van der Waals surface area contributed by atoms with Crippen LogP contribution in [0.25, 0.3) is 0 Å². The van der Waals surface area contributed by atoms with Crippen molar-refractivity contribution in [1.82, 2.24) is 10.2 Å². The average molecular weight is 435 g/mol. The molecule has 2 atom stereocenters. The number of benzene rings is 2. The number of hydrogen-bond donors (Lipinski definition) is 1. The summed E-state index contributed by atoms with van der Waals surface area (Å²) < 4.78 is 19.8. The van der Waals surface area contributed by atoms with Gasteiger partial charge in [-0.2, -0.15) is 0 Å². The van der Waals surface area contributed by atoms with Crippen LogP contribution < -0.4 is 10.1 Å². The van der Waals surface area contributed by atoms with E-state index in [-0.39, 0.29) is 25.1 Å². The van der Waals surface area contributed by atoms with Crippen LogP contribution in [0.15, 0.2) is 42.5 Å². The normalized spacial score (nSPS) is 12.7. The highest BCUT2D eigenvalue weighted by atomic mass is 35.5. The smallest absolute Gasteiger partial charge is 0.261 e. The van der Waals surface area contributed by atoms with Crippen LogP contribution in [-0.2, 0) is 16.1 Å². The minimum atomic E-state index is -0.790. The number of nitrogens with zero attached hydrogens (tertiary/aromatic N) is 1. The van der Waals surface area contributed by atoms with Gasteiger partial charge in [0.1, 0.15) is 17.6 Å². The summed E-state index contributed by atoms with van der Waals surface area (Å²) in [5, 5.41) is 3.47. The molecule has 0 spiro atoms. The predicted octanol–water partition coefficient (Wildman–Crippen LogP) is 4.50. The van der Waals surface area contributed by atoms with Crippen molar-refractivity contribution in [1.29, 1.82) is 0 Å². The van der Waals surface area contributed by atoms with Crippen LogP contribution in [0.4, 0.5) is 4.39 Å². The fourth-order valence-electron chi connectivity index (χ4n) is 2.79. The Morgan fingerprint density at radius 2 is 1.90 bits per heavy atom. The van der Waals surface area contributed by atoms with Crippen LogP contribution in [0, 0.1) is 12.7 Å². The van der Waals surface area contributed by atoms with Crippen LogP contribution in [-0.4, -0.2) is 35.4 Å². The van der Waals surface area contributed by atoms with Crippen molar-refractivity contribution in [3.8, 4) is 5.75 Å². The molecule has 1 N–H and O–H groups in total. The zero-order valence-electron chi connectivity index (χ0n) is 17.7. The molecule has 0 heterocycles. The lowest BCUT2D eigenvalue weighted by molar-refractivity contribution is -0.142. The molecule has 2 aromatic rings. The molecule has 0 saturated carbocycles. The van der Waals surface area contributed by atoms with Crippen molar-refractivity contribution in [2.45, 2.75) is 52.7 Å². The van der Waals surface area contributed by atoms with Gasteiger partial charge in [-0.25, -0.2) is 4.39 Å². The summed E-state index contributed by atoms with van der Waals surface area (Å²) in [6.45, 7) is 6.99. The molecule has 0 radical (unpaired) electrons. The van der Waals surface area contributed by atoms with Crippen molar-refractivity contribution in [3.63, 3.8) is 0 Å². The van der Waals surface area contributed by atoms with Crippen LogP contribution in [0.5, 0.6) is 5.75 Å². The fourth-order valence-corrected chi connectivity index (χ4v) is 2.91. The van der Waals surface area contributed by atoms with Gasteiger partial charge in [0.15, 0.2) is 6.61 Å². The van der Waals surface area contributed by atoms with E-state index in [4.69, 9.17) is 16.3 Å². The molecule has 0 aromatic heterocycles. The number of hydrogen-bond acceptors (Lipinski definition) is 3. The molecule has 2 rings (SSSR count). The molecule has 0 aliphatic carbocycles. The summed E-state index contributed by atoms with van der Waals surface area (Å²) in [5.74, 6) is -0.652. The summed E-state index contributed by atoms with van der Waals surface area (Å²) in [5.41, 5.74) is 1.16. The predicted molar refractivity (Wildman–Crippen MR) is 116 cm³/mol. The second-order valence-electron chi connectivity index (χ2n) is 7.31. The Morgan fingerprint density at radius 1 is 1.20 bits per heavy atom. The summed E-state index contributed by atoms with van der Waals surface area (Å²) in [7, 11) is 0. The Bertz CT molecular complexity index is 891. The van der Waals surface area contributed by atoms with Crippen molar-refractivity contribution in [2.24, 2.45) is 0 Å². The average Bonchev–Trinajstić information content (AvgIpc) is 2.73. The molecule has 2 aromatic carbocycles. The molecule has 7 heteroatoms. The lowest BCUT2D eigenvalue weighted by Crippen LogP contribution is -2.50. The zero-order chi connectivity index (χ0) is 22.3. The SMILES string of the molecule is CC[C@H](C)NC(=O)[C@@H](C)N(Cc1ccccc1F)C(=O)COc1ccc(Cl)c(C)c1. The van der Waals surface area contributed by atoms with Crippen molar-refractivity contribution in [2.75, 3.05) is 6.61 Å². The molecule has 30 heavy (non-hydrogen) atoms. The number of halogens is 2. The van der Waals surface area contributed by atoms with Crippen molar-refractivity contribution in [3.05, 3.63) is 64.4 Å². The van der Waals surface area contributed by atoms with Gasteiger partial charge in [0.2, 0.25) is 5.91 Å². The molecular weight excluding hydrogens is 407 g/mol. The molecule has 0 saturated heterocycles. The number of amides is 2. The first-order valence-electron chi connectivity index (χ1n) is 9.95. The van der Waals surface area contributed by atoms with E-state index in [1.807, 2.05) is 20.8 Å². The quantitative estimate of drug-likeness (QED) is 0.632. The minimum absolute atomic E-state index is 0.0290. The first-order chi connectivity index (χ1) is 14.2. The maximum atomic E-state index is 14.2. The summed E-state index contributed by atoms with van der Waals surface area (Å²) >= 11 is 6.02. The summed E-state index contributed by atoms with van der Waals surface area (Å²) in [6.07, 6.45) is 0.763. The second-order valence-corrected chi connectivity index (χ2v) is 7.71. The van der Waals surface area contributed by atoms with Gasteiger partial charge in [-0.1, -0.05) is 36.7 Å². The van der Waals surface area contributed by atoms with E-state index in [1.54, 1.807) is 43.3 Å². The van der Waals surface area contributed by atoms with E-state index in [1.165, 1.54) is 11.0 Å². The van der Waals surface area contributed by atoms with Gasteiger partial charge in [0, 0.05) is 23.2 Å². The summed E-state index contributed by atoms with van der Waals surface area (Å²) in [4.78, 5) is 26.9. The standard InChI is InChI=1S/C23H28ClFN2O3/c1-5-16(3)26-23(29)17(4)27(13-18-8-6-7-9-21(18)25)22(28)14-30-19-10-11-20(24)15(2)12-19/h6-12,16-17H,5,13-14H2,1-4H3,(H,26,29)/t16-,17+/m0/s1. The van der Waals surface area contributed by atoms with Gasteiger partial charge in [0.05, 0.1) is 0 Å². The first-order valence-corrected chi connectivity index (χ1v) is 10.3. The number of ether oxygens (including phenoxy) is 1. The fraction of sp³-hybridized carbons (Fsp3) is 0.391. The van der Waals surface area contributed by atoms with E-state index in [0.717, 1.165) is 12.0 Å². The van der Waals surface area contributed by atoms with Crippen LogP contribution in [0.1, 0.15) is 38.3 Å². The molecule has 5 nitrogen and oxygen atoms in total. The van der Waals surface area contributed by atoms with Crippen molar-refractivity contribution < 1.29 is 18.7 Å². The zero-order valence-corrected chi connectivity index (χ0v) is 18.5. The van der Waals surface area contributed by atoms with Gasteiger partial charge in [-0.05, 0) is 57.0 Å². The van der Waals surface area contributed by atoms with E-state index in [0.29, 0.717) is 16.3 Å². The Labute approximate surface area is 182 Å². The Morgan fingerprint density at radius 3 is 2.53 bits per heavy atom. The topological polar surface area (TPSA) is 58.6 Å². The highest BCUT2D eigenvalue weighted by Gasteiger charge is 2.27. The van der Waals surface area contributed by atoms with Crippen LogP contribution in [0.2, 0.25) is 5.02 Å². The number of nitrogens with one attached hydrogen (secondary N) is 1. The largest absolute Gasteiger partial charge is 0.484 e. The van der Waals surface area contributed by atoms with Gasteiger partial charge in [-0.15, -0.1) is 0 Å². The van der Waals surface area contributed by atoms with E-state index in [2.05, 4.69) is 5.32 Å². The molecule has 2 amide bonds. The van der Waals surface area contributed by atoms with Crippen LogP contribution in [0.3, 0.4) is 0 Å². The molecule has 0 aliphatic heterocycles. The highest BCUT2D eigenvalue weighted by Crippen LogP contribution is 2.21. The Kier molecular flexibility index (Phi) is 8.66. The monoisotopic (exact) mass is 434 g/mol. The maximum absolute atomic E-state index is 14.2. The number of carbonyl (C=O) groups is 2. The molecule has 162 valence electrons. The molecule has 0 unspecified atom stereocenters. The van der Waals surface area contributed by atoms with Gasteiger partial charge in [-0.3, -0.25) is 9.59 Å². The van der Waals surface area contributed by atoms with Gasteiger partial charge < -0.3 is 15.0 Å². The molecular formula is C23H28ClFN2O3. The van der Waals surface area contributed by atoms with Gasteiger partial charge in [0.25, 0.3) is 5.91 Å². The van der Waals surface area contributed by atoms with Crippen LogP contribution >= 0.6 is 11.6 Å². The minimum Gasteiger partial charge on any atom is -0.484 e. The third-order valence-corrected chi connectivity index (χ3v) is 5.38. The number of aryl methyl sites for hydroxylation is 1. The molecule has 0 bridgehead atoms. The van der Waals surface area contributed by atoms with Gasteiger partial charge >= 0.3 is 0 Å². The Hall–Kier alpha value is -2.60. The molecule has 0 aliphatic rings. The van der Waals surface area contributed by atoms with E-state index >= 15 is 0 Å².